The maximum absolute atomic E-state index is 12.0. The highest BCUT2D eigenvalue weighted by Gasteiger charge is 2.16. The molecule has 130 valence electrons. The molecule has 0 unspecified atom stereocenters. The zero-order valence-corrected chi connectivity index (χ0v) is 13.6. The van der Waals surface area contributed by atoms with Crippen molar-refractivity contribution in [3.63, 3.8) is 0 Å². The molecular weight excluding hydrogens is 352 g/mol. The topological polar surface area (TPSA) is 99.9 Å². The lowest BCUT2D eigenvalue weighted by atomic mass is 10.2. The Morgan fingerprint density at radius 1 is 1.24 bits per heavy atom. The van der Waals surface area contributed by atoms with E-state index >= 15 is 0 Å². The second-order valence-electron chi connectivity index (χ2n) is 5.07. The monoisotopic (exact) mass is 364 g/mol. The van der Waals surface area contributed by atoms with Gasteiger partial charge in [0.15, 0.2) is 18.1 Å². The van der Waals surface area contributed by atoms with Crippen molar-refractivity contribution in [3.8, 4) is 17.2 Å². The van der Waals surface area contributed by atoms with Crippen LogP contribution in [-0.2, 0) is 4.79 Å². The second-order valence-corrected chi connectivity index (χ2v) is 5.47. The number of hydrogen-bond acceptors (Lipinski definition) is 6. The maximum Gasteiger partial charge on any atom is 0.273 e. The summed E-state index contributed by atoms with van der Waals surface area (Å²) in [7, 11) is 0. The van der Waals surface area contributed by atoms with Crippen LogP contribution in [0.5, 0.6) is 17.2 Å². The summed E-state index contributed by atoms with van der Waals surface area (Å²) in [6.07, 6.45) is 0. The summed E-state index contributed by atoms with van der Waals surface area (Å²) in [5, 5.41) is 13.6. The Balaban J connectivity index is 1.63. The number of nitro benzene ring substituents is 1. The third kappa shape index (κ3) is 4.10. The van der Waals surface area contributed by atoms with Crippen molar-refractivity contribution in [1.82, 2.24) is 0 Å². The van der Waals surface area contributed by atoms with E-state index in [2.05, 4.69) is 5.32 Å². The minimum Gasteiger partial charge on any atom is -0.486 e. The van der Waals surface area contributed by atoms with E-state index < -0.39 is 10.8 Å². The van der Waals surface area contributed by atoms with E-state index in [1.807, 2.05) is 0 Å². The van der Waals surface area contributed by atoms with Gasteiger partial charge in [0, 0.05) is 18.2 Å². The molecule has 0 atom stereocenters. The van der Waals surface area contributed by atoms with E-state index in [4.69, 9.17) is 25.8 Å². The molecule has 0 saturated heterocycles. The molecule has 1 aliphatic rings. The number of non-ortho nitro benzene ring substituents is 1. The number of halogens is 1. The van der Waals surface area contributed by atoms with E-state index in [1.54, 1.807) is 12.1 Å². The molecule has 9 heteroatoms. The molecule has 1 amide bonds. The lowest BCUT2D eigenvalue weighted by Crippen LogP contribution is -2.21. The van der Waals surface area contributed by atoms with Gasteiger partial charge in [0.1, 0.15) is 19.0 Å². The minimum atomic E-state index is -0.540. The summed E-state index contributed by atoms with van der Waals surface area (Å²) in [5.74, 6) is 0.760. The first kappa shape index (κ1) is 16.8. The van der Waals surface area contributed by atoms with Crippen LogP contribution in [0.3, 0.4) is 0 Å². The minimum absolute atomic E-state index is 0.118. The number of anilines is 1. The summed E-state index contributed by atoms with van der Waals surface area (Å²) in [6, 6.07) is 8.71. The number of ether oxygens (including phenoxy) is 3. The number of fused-ring (bicyclic) bond motifs is 1. The van der Waals surface area contributed by atoms with Gasteiger partial charge < -0.3 is 19.5 Å². The Morgan fingerprint density at radius 3 is 2.68 bits per heavy atom. The number of nitro groups is 1. The molecule has 3 rings (SSSR count). The van der Waals surface area contributed by atoms with Crippen LogP contribution in [0.2, 0.25) is 5.02 Å². The van der Waals surface area contributed by atoms with Crippen molar-refractivity contribution in [1.29, 1.82) is 0 Å². The Hall–Kier alpha value is -3.00. The van der Waals surface area contributed by atoms with Gasteiger partial charge >= 0.3 is 0 Å². The normalized spacial score (nSPS) is 12.4. The molecule has 0 radical (unpaired) electrons. The molecule has 8 nitrogen and oxygen atoms in total. The van der Waals surface area contributed by atoms with Gasteiger partial charge in [-0.1, -0.05) is 17.7 Å². The fraction of sp³-hybridized carbons (Fsp3) is 0.188. The third-order valence-corrected chi connectivity index (χ3v) is 3.62. The fourth-order valence-electron chi connectivity index (χ4n) is 2.18. The maximum atomic E-state index is 12.0. The fourth-order valence-corrected chi connectivity index (χ4v) is 2.38. The quantitative estimate of drug-likeness (QED) is 0.646. The zero-order valence-electron chi connectivity index (χ0n) is 12.9. The van der Waals surface area contributed by atoms with Gasteiger partial charge in [-0.3, -0.25) is 14.9 Å². The average molecular weight is 365 g/mol. The largest absolute Gasteiger partial charge is 0.486 e. The SMILES string of the molecule is O=C(COc1cccc([N+](=O)[O-])c1)Nc1cc2c(cc1Cl)OCCO2. The first-order valence-corrected chi connectivity index (χ1v) is 7.67. The average Bonchev–Trinajstić information content (AvgIpc) is 2.61. The molecule has 1 aliphatic heterocycles. The molecule has 0 fully saturated rings. The molecule has 2 aromatic carbocycles. The van der Waals surface area contributed by atoms with Crippen molar-refractivity contribution < 1.29 is 23.9 Å². The smallest absolute Gasteiger partial charge is 0.273 e. The molecule has 25 heavy (non-hydrogen) atoms. The molecule has 0 spiro atoms. The standard InChI is InChI=1S/C16H13ClN2O6/c17-12-7-14-15(24-5-4-23-14)8-13(12)18-16(20)9-25-11-3-1-2-10(6-11)19(21)22/h1-3,6-8H,4-5,9H2,(H,18,20). The van der Waals surface area contributed by atoms with Gasteiger partial charge in [-0.15, -0.1) is 0 Å². The lowest BCUT2D eigenvalue weighted by Gasteiger charge is -2.20. The van der Waals surface area contributed by atoms with Crippen LogP contribution in [0.15, 0.2) is 36.4 Å². The van der Waals surface area contributed by atoms with Crippen LogP contribution in [0.25, 0.3) is 0 Å². The number of nitrogens with zero attached hydrogens (tertiary/aromatic N) is 1. The van der Waals surface area contributed by atoms with Crippen molar-refractivity contribution in [3.05, 3.63) is 51.5 Å². The van der Waals surface area contributed by atoms with Gasteiger partial charge in [-0.2, -0.15) is 0 Å². The molecule has 1 N–H and O–H groups in total. The van der Waals surface area contributed by atoms with E-state index in [1.165, 1.54) is 24.3 Å². The number of carbonyl (C=O) groups is 1. The van der Waals surface area contributed by atoms with E-state index in [9.17, 15) is 14.9 Å². The molecule has 2 aromatic rings. The van der Waals surface area contributed by atoms with E-state index in [0.717, 1.165) is 0 Å². The summed E-state index contributed by atoms with van der Waals surface area (Å²) in [5.41, 5.74) is 0.242. The number of benzene rings is 2. The summed E-state index contributed by atoms with van der Waals surface area (Å²) < 4.78 is 16.1. The predicted molar refractivity (Wildman–Crippen MR) is 89.7 cm³/mol. The van der Waals surface area contributed by atoms with Crippen LogP contribution >= 0.6 is 11.6 Å². The van der Waals surface area contributed by atoms with Crippen molar-refractivity contribution >= 4 is 28.9 Å². The Kier molecular flexibility index (Phi) is 4.90. The van der Waals surface area contributed by atoms with Crippen LogP contribution in [-0.4, -0.2) is 30.7 Å². The summed E-state index contributed by atoms with van der Waals surface area (Å²) >= 11 is 6.11. The Bertz CT molecular complexity index is 826. The Labute approximate surface area is 147 Å². The number of hydrogen-bond donors (Lipinski definition) is 1. The van der Waals surface area contributed by atoms with Crippen molar-refractivity contribution in [2.75, 3.05) is 25.1 Å². The summed E-state index contributed by atoms with van der Waals surface area (Å²) in [4.78, 5) is 22.2. The predicted octanol–water partition coefficient (Wildman–Crippen LogP) is 3.04. The summed E-state index contributed by atoms with van der Waals surface area (Å²) in [6.45, 7) is 0.524. The number of amides is 1. The van der Waals surface area contributed by atoms with Crippen LogP contribution in [0.1, 0.15) is 0 Å². The van der Waals surface area contributed by atoms with Crippen molar-refractivity contribution in [2.24, 2.45) is 0 Å². The van der Waals surface area contributed by atoms with Gasteiger partial charge in [0.2, 0.25) is 0 Å². The highest BCUT2D eigenvalue weighted by molar-refractivity contribution is 6.34. The van der Waals surface area contributed by atoms with Crippen LogP contribution in [0, 0.1) is 10.1 Å². The molecule has 0 aliphatic carbocycles. The van der Waals surface area contributed by atoms with Crippen LogP contribution in [0.4, 0.5) is 11.4 Å². The highest BCUT2D eigenvalue weighted by atomic mass is 35.5. The van der Waals surface area contributed by atoms with Crippen molar-refractivity contribution in [2.45, 2.75) is 0 Å². The molecule has 0 saturated carbocycles. The number of rotatable bonds is 5. The second kappa shape index (κ2) is 7.27. The van der Waals surface area contributed by atoms with Crippen LogP contribution < -0.4 is 19.5 Å². The number of carbonyl (C=O) groups excluding carboxylic acids is 1. The Morgan fingerprint density at radius 2 is 1.96 bits per heavy atom. The van der Waals surface area contributed by atoms with Gasteiger partial charge in [0.05, 0.1) is 21.7 Å². The molecule has 0 aromatic heterocycles. The highest BCUT2D eigenvalue weighted by Crippen LogP contribution is 2.37. The number of nitrogens with one attached hydrogen (secondary N) is 1. The first-order chi connectivity index (χ1) is 12.0. The molecular formula is C16H13ClN2O6. The van der Waals surface area contributed by atoms with E-state index in [0.29, 0.717) is 35.4 Å². The molecule has 0 bridgehead atoms. The van der Waals surface area contributed by atoms with Gasteiger partial charge in [-0.05, 0) is 6.07 Å². The lowest BCUT2D eigenvalue weighted by molar-refractivity contribution is -0.384. The van der Waals surface area contributed by atoms with Gasteiger partial charge in [-0.25, -0.2) is 0 Å². The first-order valence-electron chi connectivity index (χ1n) is 7.29. The van der Waals surface area contributed by atoms with E-state index in [-0.39, 0.29) is 18.0 Å². The molecule has 1 heterocycles. The third-order valence-electron chi connectivity index (χ3n) is 3.30. The zero-order chi connectivity index (χ0) is 17.8. The van der Waals surface area contributed by atoms with Gasteiger partial charge in [0.25, 0.3) is 11.6 Å².